The highest BCUT2D eigenvalue weighted by Gasteiger charge is 2.20. The Bertz CT molecular complexity index is 1100. The third-order valence-corrected chi connectivity index (χ3v) is 2.90. The Morgan fingerprint density at radius 3 is 2.12 bits per heavy atom. The maximum absolute atomic E-state index is 8.28. The van der Waals surface area contributed by atoms with E-state index in [-0.39, 0.29) is 75.0 Å². The molecule has 4 rings (SSSR count). The van der Waals surface area contributed by atoms with E-state index in [1.54, 1.807) is 0 Å². The second kappa shape index (κ2) is 2.89. The first-order valence-electron chi connectivity index (χ1n) is 9.54. The molecule has 2 N–H and O–H groups in total. The molecule has 1 aliphatic carbocycles. The summed E-state index contributed by atoms with van der Waals surface area (Å²) in [6.07, 6.45) is 0. The number of rotatable bonds is 0. The first kappa shape index (κ1) is 3.88. The van der Waals surface area contributed by atoms with Crippen molar-refractivity contribution >= 4 is 16.5 Å². The number of hydrogen-bond donors (Lipinski definition) is 1. The molecule has 80 valence electrons. The molecule has 0 aromatic heterocycles. The molecule has 0 spiro atoms. The van der Waals surface area contributed by atoms with Gasteiger partial charge in [0.2, 0.25) is 0 Å². The predicted octanol–water partition coefficient (Wildman–Crippen LogP) is 4.07. The molecule has 1 nitrogen and oxygen atoms in total. The summed E-state index contributed by atoms with van der Waals surface area (Å²) in [6, 6.07) is -3.58. The number of anilines is 1. The molecule has 0 unspecified atom stereocenters. The zero-order valence-corrected chi connectivity index (χ0v) is 8.58. The number of nitrogen functional groups attached to an aromatic ring is 1. The van der Waals surface area contributed by atoms with Gasteiger partial charge in [-0.1, -0.05) is 48.3 Å². The molecule has 0 amide bonds. The maximum Gasteiger partial charge on any atom is 0.0645 e. The quantitative estimate of drug-likeness (QED) is 0.449. The number of nitrogens with two attached hydrogens (primary N) is 1. The van der Waals surface area contributed by atoms with E-state index in [1.807, 2.05) is 0 Å². The first-order valence-corrected chi connectivity index (χ1v) is 5.04. The molecule has 0 saturated heterocycles. The van der Waals surface area contributed by atoms with Crippen molar-refractivity contribution in [3.05, 3.63) is 54.4 Å². The lowest BCUT2D eigenvalue weighted by Crippen LogP contribution is -1.86. The highest BCUT2D eigenvalue weighted by Crippen LogP contribution is 2.47. The Morgan fingerprint density at radius 2 is 1.35 bits per heavy atom. The van der Waals surface area contributed by atoms with Crippen molar-refractivity contribution in [3.8, 4) is 22.3 Å². The lowest BCUT2D eigenvalue weighted by Gasteiger charge is -2.04. The molecule has 1 aliphatic rings. The van der Waals surface area contributed by atoms with Gasteiger partial charge in [0.25, 0.3) is 0 Å². The van der Waals surface area contributed by atoms with Crippen LogP contribution < -0.4 is 5.73 Å². The Labute approximate surface area is 112 Å². The van der Waals surface area contributed by atoms with E-state index in [0.29, 0.717) is 0 Å². The standard InChI is InChI=1S/C16H11N/c17-15-9-8-13-11-5-2-1-4-10(11)12-6-3-7-14(15)16(12)13/h1-9H,17H2/i1D,2D,3D,4D,5D,6D,7D,8D,9D. The van der Waals surface area contributed by atoms with E-state index in [9.17, 15) is 0 Å². The van der Waals surface area contributed by atoms with Gasteiger partial charge in [-0.15, -0.1) is 0 Å². The normalized spacial score (nSPS) is 19.2. The van der Waals surface area contributed by atoms with Crippen LogP contribution >= 0.6 is 0 Å². The highest BCUT2D eigenvalue weighted by atomic mass is 14.6. The van der Waals surface area contributed by atoms with Crippen LogP contribution in [0.2, 0.25) is 0 Å². The Balaban J connectivity index is 2.45. The summed E-state index contributed by atoms with van der Waals surface area (Å²) < 4.78 is 73.1. The van der Waals surface area contributed by atoms with Crippen molar-refractivity contribution in [1.29, 1.82) is 0 Å². The molecule has 0 fully saturated rings. The minimum Gasteiger partial charge on any atom is -0.398 e. The van der Waals surface area contributed by atoms with Crippen LogP contribution in [0.25, 0.3) is 33.0 Å². The van der Waals surface area contributed by atoms with E-state index in [1.165, 1.54) is 0 Å². The molecule has 0 bridgehead atoms. The predicted molar refractivity (Wildman–Crippen MR) is 72.8 cm³/mol. The van der Waals surface area contributed by atoms with Crippen molar-refractivity contribution in [2.24, 2.45) is 0 Å². The summed E-state index contributed by atoms with van der Waals surface area (Å²) >= 11 is 0. The topological polar surface area (TPSA) is 26.0 Å². The van der Waals surface area contributed by atoms with Gasteiger partial charge in [0, 0.05) is 11.1 Å². The summed E-state index contributed by atoms with van der Waals surface area (Å²) in [4.78, 5) is 0. The molecule has 3 aromatic carbocycles. The smallest absolute Gasteiger partial charge is 0.0645 e. The van der Waals surface area contributed by atoms with Crippen molar-refractivity contribution in [1.82, 2.24) is 0 Å². The minimum atomic E-state index is -0.485. The third kappa shape index (κ3) is 0.986. The zero-order chi connectivity index (χ0) is 19.2. The molecule has 0 heterocycles. The van der Waals surface area contributed by atoms with Crippen molar-refractivity contribution in [2.75, 3.05) is 5.73 Å². The van der Waals surface area contributed by atoms with E-state index >= 15 is 0 Å². The average molecular weight is 226 g/mol. The van der Waals surface area contributed by atoms with Gasteiger partial charge in [0.05, 0.1) is 12.3 Å². The van der Waals surface area contributed by atoms with Crippen LogP contribution in [0.3, 0.4) is 0 Å². The van der Waals surface area contributed by atoms with Crippen molar-refractivity contribution < 1.29 is 12.3 Å². The fourth-order valence-electron chi connectivity index (χ4n) is 2.18. The highest BCUT2D eigenvalue weighted by molar-refractivity contribution is 6.17. The summed E-state index contributed by atoms with van der Waals surface area (Å²) in [5, 5.41) is 0.210. The Kier molecular flexibility index (Phi) is 0.660. The van der Waals surface area contributed by atoms with Crippen LogP contribution in [-0.2, 0) is 0 Å². The van der Waals surface area contributed by atoms with Gasteiger partial charge < -0.3 is 5.73 Å². The van der Waals surface area contributed by atoms with Crippen LogP contribution in [0.5, 0.6) is 0 Å². The fourth-order valence-corrected chi connectivity index (χ4v) is 2.18. The summed E-state index contributed by atoms with van der Waals surface area (Å²) in [5.74, 6) is 0. The van der Waals surface area contributed by atoms with Crippen molar-refractivity contribution in [3.63, 3.8) is 0 Å². The monoisotopic (exact) mass is 226 g/mol. The second-order valence-electron chi connectivity index (χ2n) is 3.79. The van der Waals surface area contributed by atoms with E-state index < -0.39 is 18.1 Å². The van der Waals surface area contributed by atoms with Crippen LogP contribution in [0.1, 0.15) is 12.3 Å². The summed E-state index contributed by atoms with van der Waals surface area (Å²) in [6.45, 7) is 0. The molecule has 0 radical (unpaired) electrons. The number of hydrogen-bond acceptors (Lipinski definition) is 1. The molecule has 0 saturated carbocycles. The van der Waals surface area contributed by atoms with E-state index in [0.717, 1.165) is 0 Å². The fraction of sp³-hybridized carbons (Fsp3) is 0. The number of benzene rings is 3. The zero-order valence-electron chi connectivity index (χ0n) is 17.6. The molecular formula is C16H11N. The maximum atomic E-state index is 8.28. The molecule has 1 heteroatoms. The number of fused-ring (bicyclic) bond motifs is 3. The average Bonchev–Trinajstić information content (AvgIpc) is 2.96. The van der Waals surface area contributed by atoms with Gasteiger partial charge in [0.1, 0.15) is 0 Å². The summed E-state index contributed by atoms with van der Waals surface area (Å²) in [5.41, 5.74) is 5.94. The van der Waals surface area contributed by atoms with Gasteiger partial charge in [-0.3, -0.25) is 0 Å². The van der Waals surface area contributed by atoms with Gasteiger partial charge >= 0.3 is 0 Å². The second-order valence-corrected chi connectivity index (χ2v) is 3.79. The minimum absolute atomic E-state index is 0.0213. The van der Waals surface area contributed by atoms with Gasteiger partial charge in [-0.2, -0.15) is 0 Å². The first-order chi connectivity index (χ1) is 12.1. The SMILES string of the molecule is [2H]c1c([2H])c([2H])c2c(c1[2H])-c1c([2H])c([2H])c([2H])c3c(N)c([2H])c([2H])c-2c13. The third-order valence-electron chi connectivity index (χ3n) is 2.90. The van der Waals surface area contributed by atoms with Gasteiger partial charge in [0.15, 0.2) is 0 Å². The summed E-state index contributed by atoms with van der Waals surface area (Å²) in [7, 11) is 0. The van der Waals surface area contributed by atoms with Crippen LogP contribution in [0.15, 0.2) is 54.4 Å². The van der Waals surface area contributed by atoms with Crippen LogP contribution in [-0.4, -0.2) is 0 Å². The van der Waals surface area contributed by atoms with Gasteiger partial charge in [-0.25, -0.2) is 0 Å². The molecule has 3 aromatic rings. The largest absolute Gasteiger partial charge is 0.398 e. The molecule has 0 atom stereocenters. The Hall–Kier alpha value is -2.28. The molecule has 17 heavy (non-hydrogen) atoms. The lowest BCUT2D eigenvalue weighted by atomic mass is 10.0. The molecule has 0 aliphatic heterocycles. The van der Waals surface area contributed by atoms with Gasteiger partial charge in [-0.05, 0) is 33.7 Å². The van der Waals surface area contributed by atoms with Crippen LogP contribution in [0, 0.1) is 0 Å². The molecular weight excluding hydrogens is 206 g/mol. The van der Waals surface area contributed by atoms with E-state index in [2.05, 4.69) is 0 Å². The Morgan fingerprint density at radius 1 is 0.706 bits per heavy atom. The van der Waals surface area contributed by atoms with Crippen LogP contribution in [0.4, 0.5) is 5.69 Å². The lowest BCUT2D eigenvalue weighted by molar-refractivity contribution is 1.69. The van der Waals surface area contributed by atoms with Crippen molar-refractivity contribution in [2.45, 2.75) is 0 Å². The van der Waals surface area contributed by atoms with E-state index in [4.69, 9.17) is 18.1 Å².